The van der Waals surface area contributed by atoms with Crippen molar-refractivity contribution in [2.75, 3.05) is 6.54 Å². The van der Waals surface area contributed by atoms with E-state index in [0.717, 1.165) is 11.4 Å². The molecule has 0 aromatic carbocycles. The number of alkyl halides is 3. The third kappa shape index (κ3) is 2.47. The number of rotatable bonds is 3. The number of carbonyl (C=O) groups is 1. The number of hydrogen-bond acceptors (Lipinski definition) is 4. The van der Waals surface area contributed by atoms with Crippen LogP contribution in [0.25, 0.3) is 0 Å². The van der Waals surface area contributed by atoms with Gasteiger partial charge >= 0.3 is 12.1 Å². The summed E-state index contributed by atoms with van der Waals surface area (Å²) in [5.74, 6) is -1.34. The average molecular weight is 341 g/mol. The van der Waals surface area contributed by atoms with Crippen LogP contribution < -0.4 is 0 Å². The third-order valence-electron chi connectivity index (χ3n) is 3.72. The Morgan fingerprint density at radius 3 is 2.50 bits per heavy atom. The van der Waals surface area contributed by atoms with Crippen LogP contribution in [-0.2, 0) is 28.0 Å². The number of nitrogens with zero attached hydrogens (tertiary/aromatic N) is 3. The molecule has 11 heteroatoms. The molecule has 1 saturated heterocycles. The predicted octanol–water partition coefficient (Wildman–Crippen LogP) is 1.07. The van der Waals surface area contributed by atoms with E-state index < -0.39 is 38.4 Å². The standard InChI is InChI=1S/C11H14F3N3O4S/c1-10(9(18)19)4-3-5-17(10)22(20,21)8-6-7(11(12,13)14)15-16(8)2/h6H,3-5H2,1-2H3,(H,18,19)/t10-/m0/s1. The van der Waals surface area contributed by atoms with Gasteiger partial charge in [0, 0.05) is 19.7 Å². The molecule has 1 aromatic rings. The van der Waals surface area contributed by atoms with Gasteiger partial charge in [0.25, 0.3) is 10.0 Å². The number of aryl methyl sites for hydroxylation is 1. The summed E-state index contributed by atoms with van der Waals surface area (Å²) in [7, 11) is -3.34. The first-order chi connectivity index (χ1) is 9.90. The molecule has 124 valence electrons. The fourth-order valence-electron chi connectivity index (χ4n) is 2.48. The molecule has 0 radical (unpaired) electrons. The van der Waals surface area contributed by atoms with Crippen LogP contribution in [0.4, 0.5) is 13.2 Å². The quantitative estimate of drug-likeness (QED) is 0.888. The van der Waals surface area contributed by atoms with Crippen LogP contribution >= 0.6 is 0 Å². The molecule has 7 nitrogen and oxygen atoms in total. The van der Waals surface area contributed by atoms with Gasteiger partial charge in [-0.3, -0.25) is 9.48 Å². The molecule has 0 spiro atoms. The molecule has 0 bridgehead atoms. The molecule has 1 aromatic heterocycles. The van der Waals surface area contributed by atoms with Gasteiger partial charge in [0.15, 0.2) is 10.7 Å². The Morgan fingerprint density at radius 1 is 1.45 bits per heavy atom. The Bertz CT molecular complexity index is 713. The van der Waals surface area contributed by atoms with Gasteiger partial charge in [-0.2, -0.15) is 22.6 Å². The number of sulfonamides is 1. The second-order valence-corrected chi connectivity index (χ2v) is 7.06. The van der Waals surface area contributed by atoms with E-state index in [1.54, 1.807) is 0 Å². The minimum atomic E-state index is -4.79. The molecule has 0 amide bonds. The van der Waals surface area contributed by atoms with Crippen molar-refractivity contribution in [2.45, 2.75) is 36.5 Å². The molecule has 0 unspecified atom stereocenters. The van der Waals surface area contributed by atoms with Gasteiger partial charge < -0.3 is 5.11 Å². The highest BCUT2D eigenvalue weighted by atomic mass is 32.2. The van der Waals surface area contributed by atoms with Crippen LogP contribution in [0.3, 0.4) is 0 Å². The fourth-order valence-corrected chi connectivity index (χ4v) is 4.41. The van der Waals surface area contributed by atoms with Crippen LogP contribution in [0.5, 0.6) is 0 Å². The average Bonchev–Trinajstić information content (AvgIpc) is 2.93. The number of aromatic nitrogens is 2. The monoisotopic (exact) mass is 341 g/mol. The van der Waals surface area contributed by atoms with Gasteiger partial charge in [0.05, 0.1) is 0 Å². The highest BCUT2D eigenvalue weighted by molar-refractivity contribution is 7.89. The van der Waals surface area contributed by atoms with Gasteiger partial charge in [-0.15, -0.1) is 0 Å². The number of aliphatic carboxylic acids is 1. The summed E-state index contributed by atoms with van der Waals surface area (Å²) >= 11 is 0. The molecule has 0 aliphatic carbocycles. The maximum absolute atomic E-state index is 12.6. The van der Waals surface area contributed by atoms with Gasteiger partial charge in [-0.05, 0) is 19.8 Å². The molecule has 2 rings (SSSR count). The Kier molecular flexibility index (Phi) is 3.77. The Hall–Kier alpha value is -1.62. The van der Waals surface area contributed by atoms with E-state index in [-0.39, 0.29) is 13.0 Å². The van der Waals surface area contributed by atoms with Crippen LogP contribution in [0, 0.1) is 0 Å². The van der Waals surface area contributed by atoms with Gasteiger partial charge in [-0.25, -0.2) is 8.42 Å². The van der Waals surface area contributed by atoms with Crippen LogP contribution in [-0.4, -0.2) is 45.7 Å². The molecular weight excluding hydrogens is 327 g/mol. The Labute approximate surface area is 124 Å². The van der Waals surface area contributed by atoms with Crippen molar-refractivity contribution in [2.24, 2.45) is 7.05 Å². The summed E-state index contributed by atoms with van der Waals surface area (Å²) in [6.07, 6.45) is -4.38. The van der Waals surface area contributed by atoms with Crippen molar-refractivity contribution in [1.29, 1.82) is 0 Å². The van der Waals surface area contributed by atoms with E-state index in [1.165, 1.54) is 6.92 Å². The Balaban J connectivity index is 2.52. The lowest BCUT2D eigenvalue weighted by Gasteiger charge is -2.29. The van der Waals surface area contributed by atoms with Crippen LogP contribution in [0.15, 0.2) is 11.1 Å². The van der Waals surface area contributed by atoms with Gasteiger partial charge in [-0.1, -0.05) is 0 Å². The zero-order chi connectivity index (χ0) is 16.9. The van der Waals surface area contributed by atoms with E-state index in [0.29, 0.717) is 17.2 Å². The smallest absolute Gasteiger partial charge is 0.435 e. The van der Waals surface area contributed by atoms with Crippen molar-refractivity contribution >= 4 is 16.0 Å². The summed E-state index contributed by atoms with van der Waals surface area (Å²) in [5, 5.41) is 11.7. The number of hydrogen-bond donors (Lipinski definition) is 1. The second-order valence-electron chi connectivity index (χ2n) is 5.25. The Morgan fingerprint density at radius 2 is 2.05 bits per heavy atom. The highest BCUT2D eigenvalue weighted by Crippen LogP contribution is 2.36. The lowest BCUT2D eigenvalue weighted by molar-refractivity contribution is -0.146. The second kappa shape index (κ2) is 4.95. The molecule has 1 N–H and O–H groups in total. The number of carboxylic acid groups (broad SMARTS) is 1. The zero-order valence-electron chi connectivity index (χ0n) is 11.8. The minimum absolute atomic E-state index is 0.0718. The first-order valence-corrected chi connectivity index (χ1v) is 7.72. The highest BCUT2D eigenvalue weighted by Gasteiger charge is 2.51. The first kappa shape index (κ1) is 16.7. The summed E-state index contributed by atoms with van der Waals surface area (Å²) < 4.78 is 64.4. The van der Waals surface area contributed by atoms with Crippen molar-refractivity contribution in [3.05, 3.63) is 11.8 Å². The van der Waals surface area contributed by atoms with Crippen molar-refractivity contribution in [3.63, 3.8) is 0 Å². The molecule has 0 saturated carbocycles. The van der Waals surface area contributed by atoms with Crippen molar-refractivity contribution in [1.82, 2.24) is 14.1 Å². The molecule has 22 heavy (non-hydrogen) atoms. The topological polar surface area (TPSA) is 92.5 Å². The van der Waals surface area contributed by atoms with E-state index in [1.807, 2.05) is 0 Å². The SMILES string of the molecule is Cn1nc(C(F)(F)F)cc1S(=O)(=O)N1CCC[C@@]1(C)C(=O)O. The largest absolute Gasteiger partial charge is 0.480 e. The first-order valence-electron chi connectivity index (χ1n) is 6.28. The molecule has 1 fully saturated rings. The normalized spacial score (nSPS) is 23.9. The van der Waals surface area contributed by atoms with E-state index in [2.05, 4.69) is 5.10 Å². The van der Waals surface area contributed by atoms with Crippen molar-refractivity contribution < 1.29 is 31.5 Å². The lowest BCUT2D eigenvalue weighted by Crippen LogP contribution is -2.50. The summed E-state index contributed by atoms with van der Waals surface area (Å²) in [6.45, 7) is 1.17. The molecule has 1 atom stereocenters. The lowest BCUT2D eigenvalue weighted by atomic mass is 10.0. The fraction of sp³-hybridized carbons (Fsp3) is 0.636. The summed E-state index contributed by atoms with van der Waals surface area (Å²) in [6, 6.07) is 0.413. The third-order valence-corrected chi connectivity index (χ3v) is 5.79. The zero-order valence-corrected chi connectivity index (χ0v) is 12.6. The number of carboxylic acids is 1. The number of halogens is 3. The van der Waals surface area contributed by atoms with E-state index in [4.69, 9.17) is 0 Å². The maximum Gasteiger partial charge on any atom is 0.435 e. The van der Waals surface area contributed by atoms with Gasteiger partial charge in [0.1, 0.15) is 5.54 Å². The molecule has 2 heterocycles. The molecular formula is C11H14F3N3O4S. The predicted molar refractivity (Wildman–Crippen MR) is 67.4 cm³/mol. The van der Waals surface area contributed by atoms with E-state index >= 15 is 0 Å². The van der Waals surface area contributed by atoms with Gasteiger partial charge in [0.2, 0.25) is 0 Å². The molecule has 1 aliphatic heterocycles. The summed E-state index contributed by atoms with van der Waals surface area (Å²) in [4.78, 5) is 11.4. The van der Waals surface area contributed by atoms with E-state index in [9.17, 15) is 31.5 Å². The maximum atomic E-state index is 12.6. The summed E-state index contributed by atoms with van der Waals surface area (Å²) in [5.41, 5.74) is -3.02. The molecule has 1 aliphatic rings. The minimum Gasteiger partial charge on any atom is -0.480 e. The van der Waals surface area contributed by atoms with Crippen molar-refractivity contribution in [3.8, 4) is 0 Å². The van der Waals surface area contributed by atoms with Crippen LogP contribution in [0.2, 0.25) is 0 Å². The van der Waals surface area contributed by atoms with Crippen LogP contribution in [0.1, 0.15) is 25.5 Å².